The molecule has 1 amide bonds. The Morgan fingerprint density at radius 2 is 2.00 bits per heavy atom. The number of carbonyl (C=O) groups excluding carboxylic acids is 1. The molecule has 0 radical (unpaired) electrons. The van der Waals surface area contributed by atoms with Crippen LogP contribution in [0.25, 0.3) is 0 Å². The Bertz CT molecular complexity index is 494. The number of aliphatic carboxylic acids is 1. The Morgan fingerprint density at radius 3 is 2.53 bits per heavy atom. The van der Waals surface area contributed by atoms with E-state index in [1.807, 2.05) is 19.1 Å². The van der Waals surface area contributed by atoms with Crippen molar-refractivity contribution < 1.29 is 19.4 Å². The van der Waals surface area contributed by atoms with Crippen LogP contribution in [0, 0.1) is 6.92 Å². The molecule has 0 aliphatic rings. The number of amides is 1. The van der Waals surface area contributed by atoms with E-state index in [4.69, 9.17) is 9.84 Å². The zero-order chi connectivity index (χ0) is 14.6. The number of hydrogen-bond donors (Lipinski definition) is 2. The molecule has 1 aromatic rings. The maximum Gasteiger partial charge on any atom is 0.328 e. The molecule has 19 heavy (non-hydrogen) atoms. The Hall–Kier alpha value is -2.04. The number of rotatable bonds is 5. The average Bonchev–Trinajstić information content (AvgIpc) is 2.28. The van der Waals surface area contributed by atoms with Crippen LogP contribution in [0.15, 0.2) is 18.2 Å². The van der Waals surface area contributed by atoms with E-state index >= 15 is 0 Å². The van der Waals surface area contributed by atoms with Crippen LogP contribution in [0.4, 0.5) is 0 Å². The van der Waals surface area contributed by atoms with Gasteiger partial charge in [0.2, 0.25) is 5.91 Å². The SMILES string of the molecule is COc1c(C)cccc1CC(=O)NC(C)(C)C(=O)O. The highest BCUT2D eigenvalue weighted by molar-refractivity contribution is 5.87. The molecule has 1 rings (SSSR count). The molecule has 104 valence electrons. The standard InChI is InChI=1S/C14H19NO4/c1-9-6-5-7-10(12(9)19-4)8-11(16)15-14(2,3)13(17)18/h5-7H,8H2,1-4H3,(H,15,16)(H,17,18). The van der Waals surface area contributed by atoms with E-state index in [1.54, 1.807) is 13.2 Å². The Morgan fingerprint density at radius 1 is 1.37 bits per heavy atom. The molecular formula is C14H19NO4. The summed E-state index contributed by atoms with van der Waals surface area (Å²) < 4.78 is 5.26. The lowest BCUT2D eigenvalue weighted by Crippen LogP contribution is -2.50. The normalized spacial score (nSPS) is 10.9. The first-order chi connectivity index (χ1) is 8.77. The van der Waals surface area contributed by atoms with E-state index in [0.29, 0.717) is 5.75 Å². The van der Waals surface area contributed by atoms with Crippen molar-refractivity contribution in [2.75, 3.05) is 7.11 Å². The lowest BCUT2D eigenvalue weighted by Gasteiger charge is -2.21. The number of carboxylic acid groups (broad SMARTS) is 1. The average molecular weight is 265 g/mol. The van der Waals surface area contributed by atoms with Crippen LogP contribution in [-0.2, 0) is 16.0 Å². The number of ether oxygens (including phenoxy) is 1. The van der Waals surface area contributed by atoms with Crippen LogP contribution in [0.2, 0.25) is 0 Å². The van der Waals surface area contributed by atoms with Crippen molar-refractivity contribution in [3.63, 3.8) is 0 Å². The van der Waals surface area contributed by atoms with Gasteiger partial charge >= 0.3 is 5.97 Å². The van der Waals surface area contributed by atoms with Crippen LogP contribution < -0.4 is 10.1 Å². The molecule has 0 fully saturated rings. The van der Waals surface area contributed by atoms with Gasteiger partial charge in [-0.2, -0.15) is 0 Å². The van der Waals surface area contributed by atoms with E-state index in [1.165, 1.54) is 13.8 Å². The van der Waals surface area contributed by atoms with Crippen LogP contribution in [0.1, 0.15) is 25.0 Å². The van der Waals surface area contributed by atoms with Gasteiger partial charge in [0.15, 0.2) is 0 Å². The summed E-state index contributed by atoms with van der Waals surface area (Å²) in [5.74, 6) is -0.765. The molecule has 0 spiro atoms. The quantitative estimate of drug-likeness (QED) is 0.846. The third-order valence-electron chi connectivity index (χ3n) is 2.84. The summed E-state index contributed by atoms with van der Waals surface area (Å²) in [6.45, 7) is 4.78. The molecule has 0 atom stereocenters. The molecular weight excluding hydrogens is 246 g/mol. The van der Waals surface area contributed by atoms with Crippen molar-refractivity contribution in [3.05, 3.63) is 29.3 Å². The van der Waals surface area contributed by atoms with Crippen molar-refractivity contribution in [2.45, 2.75) is 32.7 Å². The molecule has 0 saturated heterocycles. The summed E-state index contributed by atoms with van der Waals surface area (Å²) >= 11 is 0. The third-order valence-corrected chi connectivity index (χ3v) is 2.84. The zero-order valence-corrected chi connectivity index (χ0v) is 11.6. The minimum atomic E-state index is -1.28. The molecule has 0 aromatic heterocycles. The number of benzene rings is 1. The van der Waals surface area contributed by atoms with Gasteiger partial charge in [-0.05, 0) is 26.3 Å². The molecule has 5 nitrogen and oxygen atoms in total. The van der Waals surface area contributed by atoms with Crippen molar-refractivity contribution in [1.82, 2.24) is 5.32 Å². The zero-order valence-electron chi connectivity index (χ0n) is 11.6. The van der Waals surface area contributed by atoms with Crippen molar-refractivity contribution in [1.29, 1.82) is 0 Å². The maximum atomic E-state index is 11.9. The molecule has 0 heterocycles. The van der Waals surface area contributed by atoms with Crippen molar-refractivity contribution in [3.8, 4) is 5.75 Å². The first-order valence-electron chi connectivity index (χ1n) is 5.95. The van der Waals surface area contributed by atoms with Crippen LogP contribution >= 0.6 is 0 Å². The van der Waals surface area contributed by atoms with Gasteiger partial charge in [0.1, 0.15) is 11.3 Å². The molecule has 0 aliphatic heterocycles. The summed E-state index contributed by atoms with van der Waals surface area (Å²) in [7, 11) is 1.55. The largest absolute Gasteiger partial charge is 0.496 e. The lowest BCUT2D eigenvalue weighted by atomic mass is 10.0. The fraction of sp³-hybridized carbons (Fsp3) is 0.429. The predicted molar refractivity (Wildman–Crippen MR) is 71.3 cm³/mol. The predicted octanol–water partition coefficient (Wildman–Crippen LogP) is 1.53. The summed E-state index contributed by atoms with van der Waals surface area (Å²) in [4.78, 5) is 22.8. The van der Waals surface area contributed by atoms with Gasteiger partial charge in [-0.15, -0.1) is 0 Å². The maximum absolute atomic E-state index is 11.9. The Balaban J connectivity index is 2.84. The molecule has 2 N–H and O–H groups in total. The van der Waals surface area contributed by atoms with Crippen molar-refractivity contribution >= 4 is 11.9 Å². The van der Waals surface area contributed by atoms with Gasteiger partial charge in [0.05, 0.1) is 13.5 Å². The second kappa shape index (κ2) is 5.73. The van der Waals surface area contributed by atoms with E-state index in [2.05, 4.69) is 5.32 Å². The first kappa shape index (κ1) is 15.0. The topological polar surface area (TPSA) is 75.6 Å². The first-order valence-corrected chi connectivity index (χ1v) is 5.95. The fourth-order valence-corrected chi connectivity index (χ4v) is 1.76. The van der Waals surface area contributed by atoms with Gasteiger partial charge in [-0.25, -0.2) is 4.79 Å². The van der Waals surface area contributed by atoms with Crippen LogP contribution in [0.5, 0.6) is 5.75 Å². The number of para-hydroxylation sites is 1. The Labute approximate surface area is 112 Å². The molecule has 0 unspecified atom stereocenters. The van der Waals surface area contributed by atoms with E-state index in [0.717, 1.165) is 11.1 Å². The molecule has 0 aliphatic carbocycles. The number of nitrogens with one attached hydrogen (secondary N) is 1. The smallest absolute Gasteiger partial charge is 0.328 e. The monoisotopic (exact) mass is 265 g/mol. The summed E-state index contributed by atoms with van der Waals surface area (Å²) in [6, 6.07) is 5.52. The Kier molecular flexibility index (Phi) is 4.53. The number of carbonyl (C=O) groups is 2. The number of methoxy groups -OCH3 is 1. The van der Waals surface area contributed by atoms with E-state index in [-0.39, 0.29) is 12.3 Å². The van der Waals surface area contributed by atoms with E-state index < -0.39 is 11.5 Å². The second-order valence-corrected chi connectivity index (χ2v) is 4.92. The van der Waals surface area contributed by atoms with Gasteiger partial charge < -0.3 is 15.2 Å². The minimum Gasteiger partial charge on any atom is -0.496 e. The molecule has 0 bridgehead atoms. The highest BCUT2D eigenvalue weighted by atomic mass is 16.5. The summed E-state index contributed by atoms with van der Waals surface area (Å²) in [5, 5.41) is 11.4. The minimum absolute atomic E-state index is 0.0849. The summed E-state index contributed by atoms with van der Waals surface area (Å²) in [6.07, 6.45) is 0.0849. The van der Waals surface area contributed by atoms with Crippen LogP contribution in [0.3, 0.4) is 0 Å². The second-order valence-electron chi connectivity index (χ2n) is 4.92. The third kappa shape index (κ3) is 3.71. The number of aryl methyl sites for hydroxylation is 1. The van der Waals surface area contributed by atoms with E-state index in [9.17, 15) is 9.59 Å². The van der Waals surface area contributed by atoms with Gasteiger partial charge in [-0.3, -0.25) is 4.79 Å². The highest BCUT2D eigenvalue weighted by Gasteiger charge is 2.29. The molecule has 0 saturated carbocycles. The fourth-order valence-electron chi connectivity index (χ4n) is 1.76. The van der Waals surface area contributed by atoms with Crippen LogP contribution in [-0.4, -0.2) is 29.6 Å². The number of carboxylic acids is 1. The lowest BCUT2D eigenvalue weighted by molar-refractivity contribution is -0.145. The molecule has 5 heteroatoms. The van der Waals surface area contributed by atoms with Crippen molar-refractivity contribution in [2.24, 2.45) is 0 Å². The molecule has 1 aromatic carbocycles. The highest BCUT2D eigenvalue weighted by Crippen LogP contribution is 2.23. The summed E-state index contributed by atoms with van der Waals surface area (Å²) in [5.41, 5.74) is 0.389. The van der Waals surface area contributed by atoms with Gasteiger partial charge in [0.25, 0.3) is 0 Å². The van der Waals surface area contributed by atoms with Gasteiger partial charge in [-0.1, -0.05) is 18.2 Å². The number of hydrogen-bond acceptors (Lipinski definition) is 3. The van der Waals surface area contributed by atoms with Gasteiger partial charge in [0, 0.05) is 5.56 Å².